The summed E-state index contributed by atoms with van der Waals surface area (Å²) >= 11 is 15.3. The van der Waals surface area contributed by atoms with Gasteiger partial charge in [0.25, 0.3) is 0 Å². The molecule has 1 N–H and O–H groups in total. The number of hydrogen-bond donors (Lipinski definition) is 1. The lowest BCUT2D eigenvalue weighted by Crippen LogP contribution is -2.46. The Hall–Kier alpha value is -0.830. The van der Waals surface area contributed by atoms with E-state index >= 15 is 0 Å². The number of sulfonamides is 1. The molecule has 0 bridgehead atoms. The first-order valence-electron chi connectivity index (χ1n) is 7.50. The Balaban J connectivity index is 2.00. The van der Waals surface area contributed by atoms with Gasteiger partial charge in [-0.2, -0.15) is 4.31 Å². The molecule has 134 valence electrons. The molecular formula is C16H15BrCl2N2O3S. The SMILES string of the molecule is O=S(=O)(c1cc(Br)ccc1Oc1cc(Cl)cc(Cl)c1)N1CCNCC1. The molecule has 1 aliphatic rings. The fourth-order valence-electron chi connectivity index (χ4n) is 2.51. The lowest BCUT2D eigenvalue weighted by Gasteiger charge is -2.27. The summed E-state index contributed by atoms with van der Waals surface area (Å²) in [7, 11) is -3.68. The summed E-state index contributed by atoms with van der Waals surface area (Å²) in [6.45, 7) is 2.06. The van der Waals surface area contributed by atoms with Crippen LogP contribution in [0.15, 0.2) is 45.8 Å². The molecule has 0 saturated carbocycles. The first-order valence-corrected chi connectivity index (χ1v) is 10.5. The lowest BCUT2D eigenvalue weighted by atomic mass is 10.3. The monoisotopic (exact) mass is 464 g/mol. The van der Waals surface area contributed by atoms with E-state index in [4.69, 9.17) is 27.9 Å². The van der Waals surface area contributed by atoms with Gasteiger partial charge in [-0.15, -0.1) is 0 Å². The molecule has 1 aliphatic heterocycles. The van der Waals surface area contributed by atoms with Crippen molar-refractivity contribution in [2.45, 2.75) is 4.90 Å². The molecule has 1 fully saturated rings. The zero-order valence-electron chi connectivity index (χ0n) is 13.0. The highest BCUT2D eigenvalue weighted by atomic mass is 79.9. The van der Waals surface area contributed by atoms with Crippen LogP contribution in [0.2, 0.25) is 10.0 Å². The van der Waals surface area contributed by atoms with Crippen LogP contribution in [-0.4, -0.2) is 38.9 Å². The molecule has 2 aromatic rings. The minimum Gasteiger partial charge on any atom is -0.456 e. The summed E-state index contributed by atoms with van der Waals surface area (Å²) in [6.07, 6.45) is 0. The summed E-state index contributed by atoms with van der Waals surface area (Å²) < 4.78 is 33.9. The second kappa shape index (κ2) is 7.82. The van der Waals surface area contributed by atoms with Crippen molar-refractivity contribution < 1.29 is 13.2 Å². The van der Waals surface area contributed by atoms with Crippen molar-refractivity contribution in [3.05, 3.63) is 50.9 Å². The van der Waals surface area contributed by atoms with E-state index in [9.17, 15) is 8.42 Å². The predicted octanol–water partition coefficient (Wildman–Crippen LogP) is 4.14. The van der Waals surface area contributed by atoms with Crippen LogP contribution in [-0.2, 0) is 10.0 Å². The van der Waals surface area contributed by atoms with E-state index in [1.54, 1.807) is 36.4 Å². The van der Waals surface area contributed by atoms with E-state index < -0.39 is 10.0 Å². The number of piperazine rings is 1. The Kier molecular flexibility index (Phi) is 5.92. The maximum Gasteiger partial charge on any atom is 0.246 e. The number of halogens is 3. The van der Waals surface area contributed by atoms with Crippen LogP contribution < -0.4 is 10.1 Å². The van der Waals surface area contributed by atoms with Crippen LogP contribution in [0.4, 0.5) is 0 Å². The van der Waals surface area contributed by atoms with Crippen molar-refractivity contribution in [2.24, 2.45) is 0 Å². The molecule has 0 unspecified atom stereocenters. The van der Waals surface area contributed by atoms with Crippen molar-refractivity contribution in [1.29, 1.82) is 0 Å². The molecule has 5 nitrogen and oxygen atoms in total. The van der Waals surface area contributed by atoms with Crippen LogP contribution in [0.1, 0.15) is 0 Å². The van der Waals surface area contributed by atoms with Crippen molar-refractivity contribution in [2.75, 3.05) is 26.2 Å². The number of ether oxygens (including phenoxy) is 1. The summed E-state index contributed by atoms with van der Waals surface area (Å²) in [4.78, 5) is 0.0971. The van der Waals surface area contributed by atoms with Gasteiger partial charge in [-0.3, -0.25) is 0 Å². The summed E-state index contributed by atoms with van der Waals surface area (Å²) in [5.74, 6) is 0.594. The standard InChI is InChI=1S/C16H15BrCl2N2O3S/c17-11-1-2-15(24-14-9-12(18)8-13(19)10-14)16(7-11)25(22,23)21-5-3-20-4-6-21/h1-2,7-10,20H,3-6H2. The molecule has 0 aliphatic carbocycles. The van der Waals surface area contributed by atoms with Crippen molar-refractivity contribution in [3.63, 3.8) is 0 Å². The average Bonchev–Trinajstić information content (AvgIpc) is 2.56. The van der Waals surface area contributed by atoms with Gasteiger partial charge in [-0.05, 0) is 36.4 Å². The van der Waals surface area contributed by atoms with Crippen LogP contribution in [0, 0.1) is 0 Å². The molecule has 1 saturated heterocycles. The second-order valence-electron chi connectivity index (χ2n) is 5.45. The zero-order chi connectivity index (χ0) is 18.0. The third kappa shape index (κ3) is 4.48. The van der Waals surface area contributed by atoms with Crippen molar-refractivity contribution in [3.8, 4) is 11.5 Å². The van der Waals surface area contributed by atoms with Crippen LogP contribution in [0.3, 0.4) is 0 Å². The molecule has 1 heterocycles. The smallest absolute Gasteiger partial charge is 0.246 e. The third-order valence-corrected chi connectivity index (χ3v) is 6.51. The molecule has 0 radical (unpaired) electrons. The quantitative estimate of drug-likeness (QED) is 0.736. The maximum atomic E-state index is 13.0. The van der Waals surface area contributed by atoms with Gasteiger partial charge < -0.3 is 10.1 Å². The molecule has 9 heteroatoms. The molecule has 0 aromatic heterocycles. The van der Waals surface area contributed by atoms with Gasteiger partial charge in [0, 0.05) is 40.7 Å². The van der Waals surface area contributed by atoms with Gasteiger partial charge in [0.2, 0.25) is 10.0 Å². The van der Waals surface area contributed by atoms with Crippen LogP contribution >= 0.6 is 39.1 Å². The first kappa shape index (κ1) is 18.9. The summed E-state index contributed by atoms with van der Waals surface area (Å²) in [5, 5.41) is 3.96. The number of nitrogens with zero attached hydrogens (tertiary/aromatic N) is 1. The van der Waals surface area contributed by atoms with E-state index in [2.05, 4.69) is 21.2 Å². The fourth-order valence-corrected chi connectivity index (χ4v) is 5.11. The van der Waals surface area contributed by atoms with E-state index in [1.807, 2.05) is 0 Å². The molecular weight excluding hydrogens is 451 g/mol. The van der Waals surface area contributed by atoms with Crippen molar-refractivity contribution in [1.82, 2.24) is 9.62 Å². The van der Waals surface area contributed by atoms with Gasteiger partial charge in [0.05, 0.1) is 0 Å². The Morgan fingerprint density at radius 1 is 1.04 bits per heavy atom. The number of benzene rings is 2. The Morgan fingerprint density at radius 2 is 1.68 bits per heavy atom. The van der Waals surface area contributed by atoms with Gasteiger partial charge in [-0.25, -0.2) is 8.42 Å². The largest absolute Gasteiger partial charge is 0.456 e. The molecule has 0 atom stereocenters. The van der Waals surface area contributed by atoms with E-state index in [1.165, 1.54) is 4.31 Å². The van der Waals surface area contributed by atoms with Crippen LogP contribution in [0.25, 0.3) is 0 Å². The van der Waals surface area contributed by atoms with E-state index in [0.717, 1.165) is 0 Å². The molecule has 2 aromatic carbocycles. The minimum absolute atomic E-state index is 0.0971. The van der Waals surface area contributed by atoms with Gasteiger partial charge in [0.1, 0.15) is 16.4 Å². The Bertz CT molecular complexity index is 867. The van der Waals surface area contributed by atoms with Gasteiger partial charge in [0.15, 0.2) is 0 Å². The maximum absolute atomic E-state index is 13.0. The zero-order valence-corrected chi connectivity index (χ0v) is 16.9. The number of hydrogen-bond acceptors (Lipinski definition) is 4. The molecule has 3 rings (SSSR count). The minimum atomic E-state index is -3.68. The average molecular weight is 466 g/mol. The Labute approximate surface area is 165 Å². The molecule has 0 spiro atoms. The van der Waals surface area contributed by atoms with Crippen LogP contribution in [0.5, 0.6) is 11.5 Å². The lowest BCUT2D eigenvalue weighted by molar-refractivity contribution is 0.358. The number of rotatable bonds is 4. The highest BCUT2D eigenvalue weighted by molar-refractivity contribution is 9.10. The normalized spacial score (nSPS) is 16.0. The second-order valence-corrected chi connectivity index (χ2v) is 9.15. The highest BCUT2D eigenvalue weighted by Gasteiger charge is 2.29. The fraction of sp³-hybridized carbons (Fsp3) is 0.250. The Morgan fingerprint density at radius 3 is 2.32 bits per heavy atom. The van der Waals surface area contributed by atoms with E-state index in [0.29, 0.717) is 46.4 Å². The highest BCUT2D eigenvalue weighted by Crippen LogP contribution is 2.35. The number of nitrogens with one attached hydrogen (secondary N) is 1. The van der Waals surface area contributed by atoms with Crippen molar-refractivity contribution >= 4 is 49.2 Å². The van der Waals surface area contributed by atoms with E-state index in [-0.39, 0.29) is 10.6 Å². The summed E-state index contributed by atoms with van der Waals surface area (Å²) in [5.41, 5.74) is 0. The first-order chi connectivity index (χ1) is 11.9. The molecule has 0 amide bonds. The predicted molar refractivity (Wildman–Crippen MR) is 102 cm³/mol. The topological polar surface area (TPSA) is 58.6 Å². The summed E-state index contributed by atoms with van der Waals surface area (Å²) in [6, 6.07) is 9.61. The molecule has 25 heavy (non-hydrogen) atoms. The van der Waals surface area contributed by atoms with Gasteiger partial charge in [-0.1, -0.05) is 39.1 Å². The van der Waals surface area contributed by atoms with Gasteiger partial charge >= 0.3 is 0 Å². The third-order valence-electron chi connectivity index (χ3n) is 3.66.